The zero-order valence-corrected chi connectivity index (χ0v) is 14.6. The number of carboxylic acid groups (broad SMARTS) is 1. The third kappa shape index (κ3) is 5.32. The van der Waals surface area contributed by atoms with Crippen LogP contribution in [0.2, 0.25) is 0 Å². The highest BCUT2D eigenvalue weighted by molar-refractivity contribution is 5.83. The van der Waals surface area contributed by atoms with Crippen LogP contribution in [0.5, 0.6) is 5.75 Å². The standard InChI is InChI=1S/C20H23N3O3/c24-20(25)16-26-19-9-5-4-8-18(19)14-21-23-12-10-22(11-13-23)15-17-6-2-1-3-7-17/h1-9,14H,10-13,15-16H2,(H,24,25)/b21-14-. The molecule has 2 aromatic rings. The number of rotatable bonds is 7. The lowest BCUT2D eigenvalue weighted by atomic mass is 10.2. The molecule has 0 bridgehead atoms. The SMILES string of the molecule is O=C(O)COc1ccccc1/C=N\N1CCN(Cc2ccccc2)CC1. The van der Waals surface area contributed by atoms with E-state index in [1.807, 2.05) is 29.3 Å². The number of piperazine rings is 1. The molecule has 1 saturated heterocycles. The number of hydrazone groups is 1. The minimum absolute atomic E-state index is 0.358. The van der Waals surface area contributed by atoms with Gasteiger partial charge in [-0.1, -0.05) is 42.5 Å². The molecule has 26 heavy (non-hydrogen) atoms. The van der Waals surface area contributed by atoms with Gasteiger partial charge in [0.05, 0.1) is 6.21 Å². The van der Waals surface area contributed by atoms with Gasteiger partial charge in [0.2, 0.25) is 0 Å². The summed E-state index contributed by atoms with van der Waals surface area (Å²) in [4.78, 5) is 13.1. The molecule has 1 N–H and O–H groups in total. The Balaban J connectivity index is 1.52. The van der Waals surface area contributed by atoms with Gasteiger partial charge >= 0.3 is 5.97 Å². The summed E-state index contributed by atoms with van der Waals surface area (Å²) in [6, 6.07) is 17.8. The molecule has 2 aromatic carbocycles. The second-order valence-corrected chi connectivity index (χ2v) is 6.18. The Bertz CT molecular complexity index is 741. The summed E-state index contributed by atoms with van der Waals surface area (Å²) in [5.41, 5.74) is 2.11. The minimum atomic E-state index is -0.994. The van der Waals surface area contributed by atoms with E-state index >= 15 is 0 Å². The first-order valence-electron chi connectivity index (χ1n) is 8.69. The van der Waals surface area contributed by atoms with Crippen molar-refractivity contribution in [3.05, 3.63) is 65.7 Å². The Morgan fingerprint density at radius 3 is 2.46 bits per heavy atom. The molecule has 6 nitrogen and oxygen atoms in total. The van der Waals surface area contributed by atoms with Gasteiger partial charge in [0.1, 0.15) is 5.75 Å². The molecule has 6 heteroatoms. The summed E-state index contributed by atoms with van der Waals surface area (Å²) in [7, 11) is 0. The van der Waals surface area contributed by atoms with Crippen LogP contribution >= 0.6 is 0 Å². The molecule has 0 amide bonds. The lowest BCUT2D eigenvalue weighted by Crippen LogP contribution is -2.43. The number of para-hydroxylation sites is 1. The third-order valence-electron chi connectivity index (χ3n) is 4.23. The maximum atomic E-state index is 10.7. The summed E-state index contributed by atoms with van der Waals surface area (Å²) in [5, 5.41) is 15.3. The minimum Gasteiger partial charge on any atom is -0.481 e. The van der Waals surface area contributed by atoms with Crippen LogP contribution in [0, 0.1) is 0 Å². The van der Waals surface area contributed by atoms with E-state index in [0.29, 0.717) is 5.75 Å². The highest BCUT2D eigenvalue weighted by Gasteiger charge is 2.15. The smallest absolute Gasteiger partial charge is 0.341 e. The van der Waals surface area contributed by atoms with Crippen molar-refractivity contribution in [2.24, 2.45) is 5.10 Å². The van der Waals surface area contributed by atoms with Crippen LogP contribution in [0.3, 0.4) is 0 Å². The van der Waals surface area contributed by atoms with Crippen molar-refractivity contribution < 1.29 is 14.6 Å². The van der Waals surface area contributed by atoms with Gasteiger partial charge in [-0.05, 0) is 17.7 Å². The predicted molar refractivity (Wildman–Crippen MR) is 100 cm³/mol. The van der Waals surface area contributed by atoms with E-state index in [1.54, 1.807) is 12.3 Å². The van der Waals surface area contributed by atoms with Crippen LogP contribution in [0.25, 0.3) is 0 Å². The Kier molecular flexibility index (Phi) is 6.22. The van der Waals surface area contributed by atoms with Gasteiger partial charge in [0.15, 0.2) is 6.61 Å². The van der Waals surface area contributed by atoms with E-state index in [0.717, 1.165) is 38.3 Å². The molecule has 0 atom stereocenters. The Morgan fingerprint density at radius 2 is 1.73 bits per heavy atom. The molecule has 3 rings (SSSR count). The molecule has 1 aliphatic rings. The first-order chi connectivity index (χ1) is 12.7. The quantitative estimate of drug-likeness (QED) is 0.774. The van der Waals surface area contributed by atoms with Crippen LogP contribution < -0.4 is 4.74 Å². The summed E-state index contributed by atoms with van der Waals surface area (Å²) >= 11 is 0. The molecule has 0 aromatic heterocycles. The molecule has 1 fully saturated rings. The van der Waals surface area contributed by atoms with Crippen molar-refractivity contribution in [1.82, 2.24) is 9.91 Å². The van der Waals surface area contributed by atoms with Crippen molar-refractivity contribution in [3.63, 3.8) is 0 Å². The van der Waals surface area contributed by atoms with Crippen LogP contribution in [-0.2, 0) is 11.3 Å². The van der Waals surface area contributed by atoms with Gasteiger partial charge in [0, 0.05) is 38.3 Å². The zero-order valence-electron chi connectivity index (χ0n) is 14.6. The second kappa shape index (κ2) is 9.01. The van der Waals surface area contributed by atoms with Gasteiger partial charge in [-0.3, -0.25) is 9.91 Å². The molecule has 1 heterocycles. The van der Waals surface area contributed by atoms with E-state index in [2.05, 4.69) is 34.3 Å². The van der Waals surface area contributed by atoms with Crippen molar-refractivity contribution in [1.29, 1.82) is 0 Å². The normalized spacial score (nSPS) is 15.3. The highest BCUT2D eigenvalue weighted by atomic mass is 16.5. The summed E-state index contributed by atoms with van der Waals surface area (Å²) in [5.74, 6) is -0.465. The number of benzene rings is 2. The van der Waals surface area contributed by atoms with Crippen molar-refractivity contribution >= 4 is 12.2 Å². The molecule has 0 spiro atoms. The number of carboxylic acids is 1. The Hall–Kier alpha value is -2.86. The molecular weight excluding hydrogens is 330 g/mol. The molecule has 0 unspecified atom stereocenters. The van der Waals surface area contributed by atoms with E-state index in [1.165, 1.54) is 5.56 Å². The largest absolute Gasteiger partial charge is 0.481 e. The predicted octanol–water partition coefficient (Wildman–Crippen LogP) is 2.30. The average Bonchev–Trinajstić information content (AvgIpc) is 2.67. The number of nitrogens with zero attached hydrogens (tertiary/aromatic N) is 3. The van der Waals surface area contributed by atoms with Gasteiger partial charge in [-0.2, -0.15) is 5.10 Å². The lowest BCUT2D eigenvalue weighted by Gasteiger charge is -2.33. The van der Waals surface area contributed by atoms with Crippen LogP contribution in [-0.4, -0.2) is 60.0 Å². The Morgan fingerprint density at radius 1 is 1.04 bits per heavy atom. The van der Waals surface area contributed by atoms with Gasteiger partial charge in [0.25, 0.3) is 0 Å². The number of ether oxygens (including phenoxy) is 1. The topological polar surface area (TPSA) is 65.4 Å². The molecule has 0 saturated carbocycles. The second-order valence-electron chi connectivity index (χ2n) is 6.18. The number of aliphatic carboxylic acids is 1. The fourth-order valence-corrected chi connectivity index (χ4v) is 2.85. The lowest BCUT2D eigenvalue weighted by molar-refractivity contribution is -0.139. The van der Waals surface area contributed by atoms with Crippen LogP contribution in [0.1, 0.15) is 11.1 Å². The van der Waals surface area contributed by atoms with E-state index in [9.17, 15) is 4.79 Å². The van der Waals surface area contributed by atoms with Gasteiger partial charge < -0.3 is 9.84 Å². The maximum Gasteiger partial charge on any atom is 0.341 e. The number of hydrogen-bond acceptors (Lipinski definition) is 5. The third-order valence-corrected chi connectivity index (χ3v) is 4.23. The fraction of sp³-hybridized carbons (Fsp3) is 0.300. The molecule has 0 radical (unpaired) electrons. The van der Waals surface area contributed by atoms with Crippen LogP contribution in [0.4, 0.5) is 0 Å². The monoisotopic (exact) mass is 353 g/mol. The summed E-state index contributed by atoms with van der Waals surface area (Å²) in [6.45, 7) is 4.25. The summed E-state index contributed by atoms with van der Waals surface area (Å²) < 4.78 is 5.30. The van der Waals surface area contributed by atoms with E-state index < -0.39 is 5.97 Å². The molecule has 136 valence electrons. The number of hydrogen-bond donors (Lipinski definition) is 1. The van der Waals surface area contributed by atoms with Gasteiger partial charge in [-0.25, -0.2) is 4.79 Å². The van der Waals surface area contributed by atoms with Crippen molar-refractivity contribution in [3.8, 4) is 5.75 Å². The molecule has 1 aliphatic heterocycles. The van der Waals surface area contributed by atoms with E-state index in [4.69, 9.17) is 9.84 Å². The molecule has 0 aliphatic carbocycles. The van der Waals surface area contributed by atoms with Gasteiger partial charge in [-0.15, -0.1) is 0 Å². The number of carbonyl (C=O) groups is 1. The average molecular weight is 353 g/mol. The zero-order chi connectivity index (χ0) is 18.2. The fourth-order valence-electron chi connectivity index (χ4n) is 2.85. The van der Waals surface area contributed by atoms with Crippen molar-refractivity contribution in [2.45, 2.75) is 6.54 Å². The van der Waals surface area contributed by atoms with Crippen molar-refractivity contribution in [2.75, 3.05) is 32.8 Å². The highest BCUT2D eigenvalue weighted by Crippen LogP contribution is 2.16. The maximum absolute atomic E-state index is 10.7. The summed E-state index contributed by atoms with van der Waals surface area (Å²) in [6.07, 6.45) is 1.74. The Labute approximate surface area is 153 Å². The first kappa shape index (κ1) is 17.9. The van der Waals surface area contributed by atoms with Crippen LogP contribution in [0.15, 0.2) is 59.7 Å². The first-order valence-corrected chi connectivity index (χ1v) is 8.69. The molecular formula is C20H23N3O3. The van der Waals surface area contributed by atoms with E-state index in [-0.39, 0.29) is 6.61 Å².